The fourth-order valence-electron chi connectivity index (χ4n) is 1.97. The molecule has 0 fully saturated rings. The van der Waals surface area contributed by atoms with Crippen molar-refractivity contribution in [2.75, 3.05) is 5.73 Å². The molecule has 3 aromatic rings. The quantitative estimate of drug-likeness (QED) is 0.704. The van der Waals surface area contributed by atoms with Crippen LogP contribution in [0.2, 0.25) is 15.1 Å². The van der Waals surface area contributed by atoms with Crippen molar-refractivity contribution in [1.29, 1.82) is 0 Å². The lowest BCUT2D eigenvalue weighted by molar-refractivity contribution is 0.628. The van der Waals surface area contributed by atoms with Crippen LogP contribution in [0.4, 0.5) is 10.2 Å². The maximum Gasteiger partial charge on any atom is 0.158 e. The molecular weight excluding hydrogens is 324 g/mol. The Morgan fingerprint density at radius 2 is 1.85 bits per heavy atom. The summed E-state index contributed by atoms with van der Waals surface area (Å²) in [5.74, 6) is -0.0972. The van der Waals surface area contributed by atoms with Crippen LogP contribution in [0.3, 0.4) is 0 Å². The highest BCUT2D eigenvalue weighted by atomic mass is 35.5. The number of aromatic nitrogens is 2. The first-order chi connectivity index (χ1) is 9.47. The number of nitrogens with zero attached hydrogens (tertiary/aromatic N) is 2. The van der Waals surface area contributed by atoms with Crippen molar-refractivity contribution >= 4 is 46.3 Å². The first-order valence-electron chi connectivity index (χ1n) is 5.55. The topological polar surface area (TPSA) is 43.3 Å². The van der Waals surface area contributed by atoms with Crippen LogP contribution in [-0.2, 0) is 0 Å². The zero-order valence-corrected chi connectivity index (χ0v) is 12.1. The second kappa shape index (κ2) is 4.81. The maximum absolute atomic E-state index is 13.1. The Morgan fingerprint density at radius 3 is 2.55 bits per heavy atom. The van der Waals surface area contributed by atoms with Crippen molar-refractivity contribution in [3.8, 4) is 11.3 Å². The van der Waals surface area contributed by atoms with Crippen LogP contribution < -0.4 is 5.73 Å². The van der Waals surface area contributed by atoms with E-state index < -0.39 is 5.82 Å². The van der Waals surface area contributed by atoms with E-state index in [0.29, 0.717) is 32.8 Å². The van der Waals surface area contributed by atoms with Gasteiger partial charge in [0.25, 0.3) is 0 Å². The number of nitrogen functional groups attached to an aromatic ring is 1. The van der Waals surface area contributed by atoms with E-state index in [2.05, 4.69) is 4.98 Å². The largest absolute Gasteiger partial charge is 0.383 e. The Labute approximate surface area is 128 Å². The summed E-state index contributed by atoms with van der Waals surface area (Å²) in [7, 11) is 0. The van der Waals surface area contributed by atoms with Gasteiger partial charge in [-0.05, 0) is 24.3 Å². The molecule has 3 nitrogen and oxygen atoms in total. The summed E-state index contributed by atoms with van der Waals surface area (Å²) in [6, 6.07) is 5.58. The van der Waals surface area contributed by atoms with Crippen LogP contribution in [0.25, 0.3) is 16.9 Å². The van der Waals surface area contributed by atoms with Crippen LogP contribution in [-0.4, -0.2) is 9.38 Å². The summed E-state index contributed by atoms with van der Waals surface area (Å²) in [6.45, 7) is 0. The minimum Gasteiger partial charge on any atom is -0.383 e. The molecule has 0 saturated heterocycles. The fourth-order valence-corrected chi connectivity index (χ4v) is 2.74. The van der Waals surface area contributed by atoms with Crippen LogP contribution in [0.5, 0.6) is 0 Å². The third-order valence-corrected chi connectivity index (χ3v) is 3.66. The second-order valence-corrected chi connectivity index (χ2v) is 5.42. The molecule has 2 heterocycles. The normalized spacial score (nSPS) is 11.2. The molecule has 2 N–H and O–H groups in total. The Hall–Kier alpha value is -1.49. The van der Waals surface area contributed by atoms with Gasteiger partial charge in [0.2, 0.25) is 0 Å². The lowest BCUT2D eigenvalue weighted by Crippen LogP contribution is -1.94. The first-order valence-corrected chi connectivity index (χ1v) is 6.69. The average molecular weight is 331 g/mol. The fraction of sp³-hybridized carbons (Fsp3) is 0. The average Bonchev–Trinajstić information content (AvgIpc) is 2.68. The van der Waals surface area contributed by atoms with Crippen LogP contribution in [0.15, 0.2) is 30.5 Å². The van der Waals surface area contributed by atoms with Gasteiger partial charge in [-0.15, -0.1) is 0 Å². The third kappa shape index (κ3) is 2.10. The van der Waals surface area contributed by atoms with Gasteiger partial charge >= 0.3 is 0 Å². The number of rotatable bonds is 1. The predicted octanol–water partition coefficient (Wildman–Crippen LogP) is 4.68. The van der Waals surface area contributed by atoms with Crippen molar-refractivity contribution in [2.24, 2.45) is 0 Å². The van der Waals surface area contributed by atoms with Crippen molar-refractivity contribution in [3.05, 3.63) is 51.3 Å². The zero-order valence-electron chi connectivity index (χ0n) is 9.87. The van der Waals surface area contributed by atoms with Crippen LogP contribution in [0, 0.1) is 5.82 Å². The number of fused-ring (bicyclic) bond motifs is 1. The monoisotopic (exact) mass is 329 g/mol. The van der Waals surface area contributed by atoms with Gasteiger partial charge in [-0.2, -0.15) is 0 Å². The van der Waals surface area contributed by atoms with Gasteiger partial charge in [0.15, 0.2) is 5.65 Å². The molecule has 0 radical (unpaired) electrons. The molecule has 0 aliphatic heterocycles. The van der Waals surface area contributed by atoms with Gasteiger partial charge in [0.1, 0.15) is 17.3 Å². The number of hydrogen-bond acceptors (Lipinski definition) is 2. The van der Waals surface area contributed by atoms with Crippen LogP contribution in [0.1, 0.15) is 0 Å². The number of nitrogens with two attached hydrogens (primary N) is 1. The van der Waals surface area contributed by atoms with E-state index in [1.165, 1.54) is 18.2 Å². The number of imidazole rings is 1. The Morgan fingerprint density at radius 1 is 1.10 bits per heavy atom. The maximum atomic E-state index is 13.1. The smallest absolute Gasteiger partial charge is 0.158 e. The van der Waals surface area contributed by atoms with Crippen molar-refractivity contribution in [2.45, 2.75) is 0 Å². The molecule has 0 aliphatic carbocycles. The van der Waals surface area contributed by atoms with Crippen molar-refractivity contribution in [1.82, 2.24) is 9.38 Å². The minimum atomic E-state index is -0.429. The molecule has 0 atom stereocenters. The van der Waals surface area contributed by atoms with Crippen molar-refractivity contribution < 1.29 is 4.39 Å². The van der Waals surface area contributed by atoms with Crippen LogP contribution >= 0.6 is 34.8 Å². The molecule has 1 aromatic carbocycles. The number of anilines is 1. The molecular formula is C13H7Cl3FN3. The molecule has 2 aromatic heterocycles. The van der Waals surface area contributed by atoms with Gasteiger partial charge < -0.3 is 5.73 Å². The molecule has 0 spiro atoms. The number of benzene rings is 1. The van der Waals surface area contributed by atoms with Crippen molar-refractivity contribution in [3.63, 3.8) is 0 Å². The first kappa shape index (κ1) is 13.5. The highest BCUT2D eigenvalue weighted by Crippen LogP contribution is 2.34. The standard InChI is InChI=1S/C13H7Cl3FN3/c14-6-3-10(16)13-19-11(12(18)20(13)5-6)8-2-1-7(17)4-9(8)15/h1-5H,18H2. The van der Waals surface area contributed by atoms with E-state index in [9.17, 15) is 4.39 Å². The van der Waals surface area contributed by atoms with Gasteiger partial charge in [-0.25, -0.2) is 9.37 Å². The Balaban J connectivity index is 2.32. The summed E-state index contributed by atoms with van der Waals surface area (Å²) in [4.78, 5) is 4.35. The van der Waals surface area contributed by atoms with Gasteiger partial charge in [-0.3, -0.25) is 4.40 Å². The molecule has 0 bridgehead atoms. The molecule has 0 saturated carbocycles. The predicted molar refractivity (Wildman–Crippen MR) is 80.0 cm³/mol. The van der Waals surface area contributed by atoms with E-state index in [0.717, 1.165) is 0 Å². The zero-order chi connectivity index (χ0) is 14.4. The minimum absolute atomic E-state index is 0.224. The Bertz CT molecular complexity index is 829. The molecule has 0 aliphatic rings. The summed E-state index contributed by atoms with van der Waals surface area (Å²) >= 11 is 18.1. The lowest BCUT2D eigenvalue weighted by Gasteiger charge is -2.02. The van der Waals surface area contributed by atoms with E-state index in [4.69, 9.17) is 40.5 Å². The van der Waals surface area contributed by atoms with E-state index >= 15 is 0 Å². The lowest BCUT2D eigenvalue weighted by atomic mass is 10.1. The Kier molecular flexibility index (Phi) is 3.24. The highest BCUT2D eigenvalue weighted by Gasteiger charge is 2.16. The molecule has 102 valence electrons. The summed E-state index contributed by atoms with van der Waals surface area (Å²) < 4.78 is 14.7. The highest BCUT2D eigenvalue weighted by molar-refractivity contribution is 6.36. The van der Waals surface area contributed by atoms with Gasteiger partial charge in [-0.1, -0.05) is 34.8 Å². The number of pyridine rings is 1. The number of halogens is 4. The molecule has 3 rings (SSSR count). The number of hydrogen-bond donors (Lipinski definition) is 1. The van der Waals surface area contributed by atoms with Gasteiger partial charge in [0.05, 0.1) is 15.1 Å². The third-order valence-electron chi connectivity index (χ3n) is 2.86. The molecule has 20 heavy (non-hydrogen) atoms. The molecule has 0 unspecified atom stereocenters. The molecule has 0 amide bonds. The summed E-state index contributed by atoms with van der Waals surface area (Å²) in [5.41, 5.74) is 7.47. The molecule has 7 heteroatoms. The summed E-state index contributed by atoms with van der Waals surface area (Å²) in [6.07, 6.45) is 1.60. The second-order valence-electron chi connectivity index (χ2n) is 4.17. The van der Waals surface area contributed by atoms with E-state index in [-0.39, 0.29) is 5.02 Å². The SMILES string of the molecule is Nc1c(-c2ccc(F)cc2Cl)nc2c(Cl)cc(Cl)cn12. The van der Waals surface area contributed by atoms with E-state index in [1.807, 2.05) is 0 Å². The summed E-state index contributed by atoms with van der Waals surface area (Å²) in [5, 5.41) is 1.03. The van der Waals surface area contributed by atoms with E-state index in [1.54, 1.807) is 16.7 Å². The van der Waals surface area contributed by atoms with Gasteiger partial charge in [0, 0.05) is 11.8 Å².